The lowest BCUT2D eigenvalue weighted by atomic mass is 9.97. The van der Waals surface area contributed by atoms with Gasteiger partial charge in [-0.05, 0) is 64.1 Å². The number of piperidine rings is 1. The Morgan fingerprint density at radius 3 is 2.77 bits per heavy atom. The molecule has 1 saturated heterocycles. The fourth-order valence-electron chi connectivity index (χ4n) is 2.76. The summed E-state index contributed by atoms with van der Waals surface area (Å²) in [6, 6.07) is 4.80. The molecule has 0 amide bonds. The Bertz CT molecular complexity index is 434. The second-order valence-electron chi connectivity index (χ2n) is 6.32. The van der Waals surface area contributed by atoms with Crippen molar-refractivity contribution in [2.24, 2.45) is 10.9 Å². The zero-order chi connectivity index (χ0) is 15.8. The first-order chi connectivity index (χ1) is 10.7. The fourth-order valence-corrected chi connectivity index (χ4v) is 3.51. The van der Waals surface area contributed by atoms with Crippen molar-refractivity contribution in [2.75, 3.05) is 26.2 Å². The highest BCUT2D eigenvalue weighted by Gasteiger charge is 2.19. The number of thiophene rings is 1. The van der Waals surface area contributed by atoms with Crippen molar-refractivity contribution in [3.05, 3.63) is 22.4 Å². The SMILES string of the molecule is CCNC(=NCC1CCN(Cc2cccs2)CC1)NC(C)C. The van der Waals surface area contributed by atoms with Crippen molar-refractivity contribution >= 4 is 17.3 Å². The molecule has 2 N–H and O–H groups in total. The molecule has 1 aromatic heterocycles. The third-order valence-corrected chi connectivity index (χ3v) is 4.81. The van der Waals surface area contributed by atoms with Gasteiger partial charge < -0.3 is 10.6 Å². The van der Waals surface area contributed by atoms with Gasteiger partial charge in [-0.1, -0.05) is 6.07 Å². The van der Waals surface area contributed by atoms with Crippen LogP contribution in [0, 0.1) is 5.92 Å². The molecule has 124 valence electrons. The van der Waals surface area contributed by atoms with E-state index in [9.17, 15) is 0 Å². The van der Waals surface area contributed by atoms with Gasteiger partial charge in [0.25, 0.3) is 0 Å². The largest absolute Gasteiger partial charge is 0.357 e. The van der Waals surface area contributed by atoms with Gasteiger partial charge in [0.15, 0.2) is 5.96 Å². The highest BCUT2D eigenvalue weighted by atomic mass is 32.1. The third-order valence-electron chi connectivity index (χ3n) is 3.94. The molecule has 0 aliphatic carbocycles. The van der Waals surface area contributed by atoms with Gasteiger partial charge in [0.1, 0.15) is 0 Å². The van der Waals surface area contributed by atoms with Crippen LogP contribution in [0.3, 0.4) is 0 Å². The lowest BCUT2D eigenvalue weighted by Gasteiger charge is -2.31. The third kappa shape index (κ3) is 5.97. The predicted molar refractivity (Wildman–Crippen MR) is 96.6 cm³/mol. The Morgan fingerprint density at radius 2 is 2.18 bits per heavy atom. The molecule has 0 unspecified atom stereocenters. The Hall–Kier alpha value is -1.07. The van der Waals surface area contributed by atoms with E-state index in [0.29, 0.717) is 6.04 Å². The smallest absolute Gasteiger partial charge is 0.191 e. The first-order valence-corrected chi connectivity index (χ1v) is 9.35. The number of rotatable bonds is 6. The monoisotopic (exact) mass is 322 g/mol. The minimum Gasteiger partial charge on any atom is -0.357 e. The summed E-state index contributed by atoms with van der Waals surface area (Å²) in [5, 5.41) is 8.88. The van der Waals surface area contributed by atoms with E-state index < -0.39 is 0 Å². The minimum absolute atomic E-state index is 0.422. The van der Waals surface area contributed by atoms with Crippen LogP contribution in [0.2, 0.25) is 0 Å². The Balaban J connectivity index is 1.73. The topological polar surface area (TPSA) is 39.7 Å². The van der Waals surface area contributed by atoms with E-state index in [1.807, 2.05) is 11.3 Å². The van der Waals surface area contributed by atoms with Crippen molar-refractivity contribution in [1.29, 1.82) is 0 Å². The van der Waals surface area contributed by atoms with Crippen molar-refractivity contribution in [2.45, 2.75) is 46.2 Å². The molecule has 5 heteroatoms. The maximum atomic E-state index is 4.76. The number of nitrogens with one attached hydrogen (secondary N) is 2. The van der Waals surface area contributed by atoms with E-state index in [1.165, 1.54) is 30.8 Å². The van der Waals surface area contributed by atoms with Crippen LogP contribution in [0.4, 0.5) is 0 Å². The van der Waals surface area contributed by atoms with Gasteiger partial charge in [0.05, 0.1) is 0 Å². The van der Waals surface area contributed by atoms with Gasteiger partial charge in [-0.25, -0.2) is 0 Å². The van der Waals surface area contributed by atoms with Crippen LogP contribution in [0.25, 0.3) is 0 Å². The van der Waals surface area contributed by atoms with Crippen LogP contribution in [0.5, 0.6) is 0 Å². The number of aliphatic imine (C=N–C) groups is 1. The molecule has 2 rings (SSSR count). The lowest BCUT2D eigenvalue weighted by Crippen LogP contribution is -2.41. The molecule has 0 radical (unpaired) electrons. The summed E-state index contributed by atoms with van der Waals surface area (Å²) >= 11 is 1.86. The van der Waals surface area contributed by atoms with Gasteiger partial charge in [0.2, 0.25) is 0 Å². The quantitative estimate of drug-likeness (QED) is 0.625. The summed E-state index contributed by atoms with van der Waals surface area (Å²) in [4.78, 5) is 8.81. The molecule has 0 saturated carbocycles. The standard InChI is InChI=1S/C17H30N4S/c1-4-18-17(20-14(2)3)19-12-15-7-9-21(10-8-15)13-16-6-5-11-22-16/h5-6,11,14-15H,4,7-10,12-13H2,1-3H3,(H2,18,19,20). The van der Waals surface area contributed by atoms with Crippen molar-refractivity contribution in [3.63, 3.8) is 0 Å². The molecule has 1 aliphatic rings. The Labute approximate surface area is 139 Å². The number of nitrogens with zero attached hydrogens (tertiary/aromatic N) is 2. The highest BCUT2D eigenvalue weighted by molar-refractivity contribution is 7.09. The van der Waals surface area contributed by atoms with Crippen molar-refractivity contribution in [1.82, 2.24) is 15.5 Å². The number of hydrogen-bond donors (Lipinski definition) is 2. The minimum atomic E-state index is 0.422. The molecule has 0 bridgehead atoms. The van der Waals surface area contributed by atoms with E-state index in [0.717, 1.165) is 31.5 Å². The van der Waals surface area contributed by atoms with Crippen LogP contribution in [0.15, 0.2) is 22.5 Å². The number of likely N-dealkylation sites (tertiary alicyclic amines) is 1. The number of hydrogen-bond acceptors (Lipinski definition) is 3. The maximum Gasteiger partial charge on any atom is 0.191 e. The first kappa shape index (κ1) is 17.3. The molecule has 22 heavy (non-hydrogen) atoms. The maximum absolute atomic E-state index is 4.76. The first-order valence-electron chi connectivity index (χ1n) is 8.47. The van der Waals surface area contributed by atoms with E-state index in [1.54, 1.807) is 0 Å². The molecule has 4 nitrogen and oxygen atoms in total. The molecular formula is C17H30N4S. The molecular weight excluding hydrogens is 292 g/mol. The second kappa shape index (κ2) is 9.16. The molecule has 0 aromatic carbocycles. The summed E-state index contributed by atoms with van der Waals surface area (Å²) in [5.74, 6) is 1.68. The highest BCUT2D eigenvalue weighted by Crippen LogP contribution is 2.20. The summed E-state index contributed by atoms with van der Waals surface area (Å²) in [6.07, 6.45) is 2.52. The summed E-state index contributed by atoms with van der Waals surface area (Å²) in [7, 11) is 0. The zero-order valence-corrected chi connectivity index (χ0v) is 15.0. The Kier molecular flexibility index (Phi) is 7.19. The summed E-state index contributed by atoms with van der Waals surface area (Å²) in [5.41, 5.74) is 0. The van der Waals surface area contributed by atoms with Crippen LogP contribution < -0.4 is 10.6 Å². The van der Waals surface area contributed by atoms with Crippen LogP contribution in [-0.2, 0) is 6.54 Å². The zero-order valence-electron chi connectivity index (χ0n) is 14.1. The van der Waals surface area contributed by atoms with E-state index in [4.69, 9.17) is 4.99 Å². The molecule has 0 atom stereocenters. The lowest BCUT2D eigenvalue weighted by molar-refractivity contribution is 0.182. The number of guanidine groups is 1. The van der Waals surface area contributed by atoms with Crippen molar-refractivity contribution < 1.29 is 0 Å². The molecule has 1 fully saturated rings. The second-order valence-corrected chi connectivity index (χ2v) is 7.35. The molecule has 2 heterocycles. The van der Waals surface area contributed by atoms with Crippen molar-refractivity contribution in [3.8, 4) is 0 Å². The Morgan fingerprint density at radius 1 is 1.41 bits per heavy atom. The van der Waals surface area contributed by atoms with Gasteiger partial charge in [-0.3, -0.25) is 9.89 Å². The van der Waals surface area contributed by atoms with Gasteiger partial charge in [-0.15, -0.1) is 11.3 Å². The summed E-state index contributed by atoms with van der Waals surface area (Å²) < 4.78 is 0. The van der Waals surface area contributed by atoms with Crippen LogP contribution >= 0.6 is 11.3 Å². The van der Waals surface area contributed by atoms with Gasteiger partial charge in [-0.2, -0.15) is 0 Å². The molecule has 1 aliphatic heterocycles. The average Bonchev–Trinajstić information content (AvgIpc) is 2.99. The van der Waals surface area contributed by atoms with E-state index >= 15 is 0 Å². The molecule has 1 aromatic rings. The molecule has 0 spiro atoms. The normalized spacial score (nSPS) is 17.9. The van der Waals surface area contributed by atoms with Gasteiger partial charge in [0, 0.05) is 30.6 Å². The van der Waals surface area contributed by atoms with Gasteiger partial charge >= 0.3 is 0 Å². The summed E-state index contributed by atoms with van der Waals surface area (Å²) in [6.45, 7) is 11.8. The van der Waals surface area contributed by atoms with Crippen LogP contribution in [-0.4, -0.2) is 43.1 Å². The predicted octanol–water partition coefficient (Wildman–Crippen LogP) is 2.92. The van der Waals surface area contributed by atoms with E-state index in [2.05, 4.69) is 53.8 Å². The van der Waals surface area contributed by atoms with E-state index in [-0.39, 0.29) is 0 Å². The average molecular weight is 323 g/mol. The fraction of sp³-hybridized carbons (Fsp3) is 0.706. The van der Waals surface area contributed by atoms with Crippen LogP contribution in [0.1, 0.15) is 38.5 Å².